The van der Waals surface area contributed by atoms with E-state index in [1.165, 1.54) is 6.92 Å². The van der Waals surface area contributed by atoms with E-state index in [-0.39, 0.29) is 10.2 Å². The highest BCUT2D eigenvalue weighted by atomic mass is 79.9. The van der Waals surface area contributed by atoms with Crippen LogP contribution in [-0.2, 0) is 14.8 Å². The standard InChI is InChI=1S/C10H11BrFN3O5S/c1-4(9(16)15-10(13)17)20-7-3-6(12)8(2-5(7)11)21(14,18)19/h2-4H,1H3,(H2,14,18,19)(H3,13,15,16,17). The van der Waals surface area contributed by atoms with Gasteiger partial charge in [-0.05, 0) is 28.9 Å². The molecule has 21 heavy (non-hydrogen) atoms. The molecule has 1 rings (SSSR count). The van der Waals surface area contributed by atoms with Gasteiger partial charge in [-0.2, -0.15) is 0 Å². The fraction of sp³-hybridized carbons (Fsp3) is 0.200. The minimum Gasteiger partial charge on any atom is -0.480 e. The molecule has 3 amide bonds. The topological polar surface area (TPSA) is 142 Å². The van der Waals surface area contributed by atoms with Crippen LogP contribution in [0.4, 0.5) is 9.18 Å². The summed E-state index contributed by atoms with van der Waals surface area (Å²) >= 11 is 2.97. The van der Waals surface area contributed by atoms with E-state index in [0.717, 1.165) is 12.1 Å². The number of nitrogens with one attached hydrogen (secondary N) is 1. The molecule has 0 aliphatic carbocycles. The van der Waals surface area contributed by atoms with Gasteiger partial charge in [-0.3, -0.25) is 10.1 Å². The van der Waals surface area contributed by atoms with E-state index in [1.807, 2.05) is 0 Å². The number of hydrogen-bond acceptors (Lipinski definition) is 5. The first kappa shape index (κ1) is 17.3. The van der Waals surface area contributed by atoms with Gasteiger partial charge in [0.25, 0.3) is 5.91 Å². The summed E-state index contributed by atoms with van der Waals surface area (Å²) in [7, 11) is -4.23. The quantitative estimate of drug-likeness (QED) is 0.680. The number of rotatable bonds is 4. The van der Waals surface area contributed by atoms with Crippen LogP contribution in [-0.4, -0.2) is 26.5 Å². The minimum absolute atomic E-state index is 0.0617. The second-order valence-electron chi connectivity index (χ2n) is 3.87. The molecule has 0 spiro atoms. The maximum Gasteiger partial charge on any atom is 0.318 e. The average molecular weight is 384 g/mol. The molecule has 0 aliphatic rings. The highest BCUT2D eigenvalue weighted by molar-refractivity contribution is 9.10. The number of sulfonamides is 1. The van der Waals surface area contributed by atoms with E-state index in [0.29, 0.717) is 0 Å². The average Bonchev–Trinajstić information content (AvgIpc) is 2.30. The summed E-state index contributed by atoms with van der Waals surface area (Å²) in [5.41, 5.74) is 4.77. The summed E-state index contributed by atoms with van der Waals surface area (Å²) in [6.07, 6.45) is -1.17. The molecule has 1 aromatic carbocycles. The van der Waals surface area contributed by atoms with Crippen LogP contribution in [0.3, 0.4) is 0 Å². The number of carbonyl (C=O) groups excluding carboxylic acids is 2. The molecule has 0 saturated carbocycles. The van der Waals surface area contributed by atoms with Crippen molar-refractivity contribution >= 4 is 37.9 Å². The van der Waals surface area contributed by atoms with Gasteiger partial charge in [0.15, 0.2) is 6.10 Å². The van der Waals surface area contributed by atoms with Crippen LogP contribution in [0.25, 0.3) is 0 Å². The number of carbonyl (C=O) groups is 2. The number of amides is 3. The van der Waals surface area contributed by atoms with Crippen molar-refractivity contribution in [3.8, 4) is 5.75 Å². The normalized spacial score (nSPS) is 12.6. The van der Waals surface area contributed by atoms with Crippen LogP contribution in [0.5, 0.6) is 5.75 Å². The van der Waals surface area contributed by atoms with Crippen LogP contribution >= 0.6 is 15.9 Å². The largest absolute Gasteiger partial charge is 0.480 e. The Hall–Kier alpha value is -1.72. The molecule has 11 heteroatoms. The minimum atomic E-state index is -4.23. The summed E-state index contributed by atoms with van der Waals surface area (Å²) in [4.78, 5) is 21.2. The van der Waals surface area contributed by atoms with Crippen LogP contribution in [0.1, 0.15) is 6.92 Å². The Labute approximate surface area is 127 Å². The fourth-order valence-electron chi connectivity index (χ4n) is 1.29. The maximum atomic E-state index is 13.7. The Morgan fingerprint density at radius 3 is 2.48 bits per heavy atom. The number of halogens is 2. The van der Waals surface area contributed by atoms with Crippen molar-refractivity contribution in [3.05, 3.63) is 22.4 Å². The molecule has 0 aliphatic heterocycles. The zero-order valence-corrected chi connectivity index (χ0v) is 13.0. The Kier molecular flexibility index (Phi) is 5.25. The smallest absolute Gasteiger partial charge is 0.318 e. The van der Waals surface area contributed by atoms with Crippen molar-refractivity contribution < 1.29 is 27.1 Å². The van der Waals surface area contributed by atoms with Gasteiger partial charge in [0, 0.05) is 6.07 Å². The van der Waals surface area contributed by atoms with E-state index in [2.05, 4.69) is 15.9 Å². The first-order chi connectivity index (χ1) is 9.52. The third-order valence-corrected chi connectivity index (χ3v) is 3.76. The van der Waals surface area contributed by atoms with Gasteiger partial charge in [-0.15, -0.1) is 0 Å². The molecule has 1 unspecified atom stereocenters. The third-order valence-electron chi connectivity index (χ3n) is 2.21. The van der Waals surface area contributed by atoms with E-state index in [4.69, 9.17) is 15.6 Å². The molecule has 0 fully saturated rings. The van der Waals surface area contributed by atoms with Gasteiger partial charge >= 0.3 is 6.03 Å². The lowest BCUT2D eigenvalue weighted by Crippen LogP contribution is -2.42. The molecule has 0 radical (unpaired) electrons. The van der Waals surface area contributed by atoms with Crippen LogP contribution < -0.4 is 20.9 Å². The summed E-state index contributed by atoms with van der Waals surface area (Å²) in [5.74, 6) is -2.13. The molecule has 8 nitrogen and oxygen atoms in total. The van der Waals surface area contributed by atoms with Crippen molar-refractivity contribution in [2.75, 3.05) is 0 Å². The molecule has 1 atom stereocenters. The number of benzene rings is 1. The molecule has 0 aromatic heterocycles. The van der Waals surface area contributed by atoms with Gasteiger partial charge in [-0.25, -0.2) is 22.7 Å². The lowest BCUT2D eigenvalue weighted by atomic mass is 10.3. The van der Waals surface area contributed by atoms with Crippen LogP contribution in [0.2, 0.25) is 0 Å². The molecule has 5 N–H and O–H groups in total. The van der Waals surface area contributed by atoms with Gasteiger partial charge in [0.05, 0.1) is 4.47 Å². The van der Waals surface area contributed by atoms with Crippen molar-refractivity contribution in [1.29, 1.82) is 0 Å². The van der Waals surface area contributed by atoms with Crippen molar-refractivity contribution in [3.63, 3.8) is 0 Å². The summed E-state index contributed by atoms with van der Waals surface area (Å²) < 4.78 is 41.1. The van der Waals surface area contributed by atoms with Crippen LogP contribution in [0.15, 0.2) is 21.5 Å². The molecule has 1 aromatic rings. The van der Waals surface area contributed by atoms with Gasteiger partial charge in [0.1, 0.15) is 16.5 Å². The number of hydrogen-bond donors (Lipinski definition) is 3. The molecular formula is C10H11BrFN3O5S. The molecular weight excluding hydrogens is 373 g/mol. The second-order valence-corrected chi connectivity index (χ2v) is 6.26. The summed E-state index contributed by atoms with van der Waals surface area (Å²) in [6.45, 7) is 1.29. The highest BCUT2D eigenvalue weighted by Gasteiger charge is 2.21. The van der Waals surface area contributed by atoms with Crippen LogP contribution in [0, 0.1) is 5.82 Å². The Bertz CT molecular complexity index is 694. The third kappa shape index (κ3) is 4.65. The number of imide groups is 1. The zero-order chi connectivity index (χ0) is 16.4. The Morgan fingerprint density at radius 2 is 2.00 bits per heavy atom. The lowest BCUT2D eigenvalue weighted by Gasteiger charge is -2.15. The predicted octanol–water partition coefficient (Wildman–Crippen LogP) is 0.198. The molecule has 116 valence electrons. The molecule has 0 bridgehead atoms. The number of primary sulfonamides is 1. The van der Waals surface area contributed by atoms with E-state index >= 15 is 0 Å². The number of nitrogens with two attached hydrogens (primary N) is 2. The number of urea groups is 1. The number of primary amides is 1. The van der Waals surface area contributed by atoms with Gasteiger partial charge in [0.2, 0.25) is 10.0 Å². The van der Waals surface area contributed by atoms with Crippen molar-refractivity contribution in [1.82, 2.24) is 5.32 Å². The lowest BCUT2D eigenvalue weighted by molar-refractivity contribution is -0.126. The van der Waals surface area contributed by atoms with Gasteiger partial charge < -0.3 is 10.5 Å². The van der Waals surface area contributed by atoms with E-state index in [9.17, 15) is 22.4 Å². The molecule has 0 saturated heterocycles. The second kappa shape index (κ2) is 6.37. The fourth-order valence-corrected chi connectivity index (χ4v) is 2.49. The first-order valence-electron chi connectivity index (χ1n) is 5.31. The molecule has 0 heterocycles. The zero-order valence-electron chi connectivity index (χ0n) is 10.6. The summed E-state index contributed by atoms with van der Waals surface area (Å²) in [6, 6.07) is 0.585. The summed E-state index contributed by atoms with van der Waals surface area (Å²) in [5, 5.41) is 6.62. The van der Waals surface area contributed by atoms with Gasteiger partial charge in [-0.1, -0.05) is 0 Å². The number of ether oxygens (including phenoxy) is 1. The van der Waals surface area contributed by atoms with Crippen molar-refractivity contribution in [2.45, 2.75) is 17.9 Å². The highest BCUT2D eigenvalue weighted by Crippen LogP contribution is 2.30. The van der Waals surface area contributed by atoms with E-state index < -0.39 is 38.8 Å². The SMILES string of the molecule is CC(Oc1cc(F)c(S(N)(=O)=O)cc1Br)C(=O)NC(N)=O. The van der Waals surface area contributed by atoms with Crippen molar-refractivity contribution in [2.24, 2.45) is 10.9 Å². The Balaban J connectivity index is 3.03. The Morgan fingerprint density at radius 1 is 1.43 bits per heavy atom. The van der Waals surface area contributed by atoms with E-state index in [1.54, 1.807) is 5.32 Å². The predicted molar refractivity (Wildman–Crippen MR) is 73.3 cm³/mol. The maximum absolute atomic E-state index is 13.7. The first-order valence-corrected chi connectivity index (χ1v) is 7.65. The monoisotopic (exact) mass is 383 g/mol.